The van der Waals surface area contributed by atoms with Crippen LogP contribution in [-0.2, 0) is 6.42 Å². The summed E-state index contributed by atoms with van der Waals surface area (Å²) in [7, 11) is 0. The van der Waals surface area contributed by atoms with Crippen LogP contribution in [0.4, 0.5) is 0 Å². The maximum absolute atomic E-state index is 3.43. The summed E-state index contributed by atoms with van der Waals surface area (Å²) in [5.41, 5.74) is 1.29. The minimum absolute atomic E-state index is 0.840. The highest BCUT2D eigenvalue weighted by Gasteiger charge is 1.85. The van der Waals surface area contributed by atoms with E-state index in [0.29, 0.717) is 0 Å². The first-order valence-electron chi connectivity index (χ1n) is 2.69. The standard InChI is InChI=1S/C8H7S/c1-2-3-4-8-5-6-9-7-8/h5-7H,1,4H2. The van der Waals surface area contributed by atoms with Crippen LogP contribution in [0.25, 0.3) is 0 Å². The highest BCUT2D eigenvalue weighted by molar-refractivity contribution is 7.07. The van der Waals surface area contributed by atoms with E-state index < -0.39 is 0 Å². The molecular formula is C8H7S. The lowest BCUT2D eigenvalue weighted by atomic mass is 10.2. The van der Waals surface area contributed by atoms with Gasteiger partial charge in [-0.2, -0.15) is 11.3 Å². The highest BCUT2D eigenvalue weighted by atomic mass is 32.1. The molecule has 0 nitrogen and oxygen atoms in total. The smallest absolute Gasteiger partial charge is 0.0348 e. The average molecular weight is 135 g/mol. The molecule has 0 atom stereocenters. The van der Waals surface area contributed by atoms with Crippen LogP contribution in [0.2, 0.25) is 0 Å². The largest absolute Gasteiger partial charge is 0.152 e. The van der Waals surface area contributed by atoms with Gasteiger partial charge in [0.25, 0.3) is 0 Å². The predicted molar refractivity (Wildman–Crippen MR) is 41.2 cm³/mol. The van der Waals surface area contributed by atoms with Crippen LogP contribution in [0.1, 0.15) is 5.56 Å². The second-order valence-corrected chi connectivity index (χ2v) is 2.44. The summed E-state index contributed by atoms with van der Waals surface area (Å²) in [6.07, 6.45) is 0.840. The van der Waals surface area contributed by atoms with Crippen molar-refractivity contribution in [3.63, 3.8) is 0 Å². The molecule has 45 valence electrons. The van der Waals surface area contributed by atoms with Crippen LogP contribution in [0, 0.1) is 18.8 Å². The molecule has 9 heavy (non-hydrogen) atoms. The third-order valence-corrected chi connectivity index (χ3v) is 1.73. The van der Waals surface area contributed by atoms with Crippen molar-refractivity contribution in [1.82, 2.24) is 0 Å². The monoisotopic (exact) mass is 135 g/mol. The summed E-state index contributed by atoms with van der Waals surface area (Å²) in [6.45, 7) is 3.43. The van der Waals surface area contributed by atoms with Crippen LogP contribution in [0.15, 0.2) is 16.8 Å². The van der Waals surface area contributed by atoms with Crippen molar-refractivity contribution in [2.45, 2.75) is 6.42 Å². The van der Waals surface area contributed by atoms with Gasteiger partial charge in [0, 0.05) is 13.3 Å². The van der Waals surface area contributed by atoms with Crippen molar-refractivity contribution in [3.8, 4) is 11.8 Å². The SMILES string of the molecule is [CH2]C#CCc1ccsc1. The Morgan fingerprint density at radius 2 is 2.56 bits per heavy atom. The lowest BCUT2D eigenvalue weighted by Gasteiger charge is -1.80. The van der Waals surface area contributed by atoms with E-state index in [1.54, 1.807) is 11.3 Å². The van der Waals surface area contributed by atoms with Crippen molar-refractivity contribution < 1.29 is 0 Å². The zero-order valence-electron chi connectivity index (χ0n) is 5.05. The van der Waals surface area contributed by atoms with Crippen LogP contribution < -0.4 is 0 Å². The minimum Gasteiger partial charge on any atom is -0.152 e. The van der Waals surface area contributed by atoms with E-state index in [4.69, 9.17) is 0 Å². The van der Waals surface area contributed by atoms with Gasteiger partial charge in [0.05, 0.1) is 0 Å². The first-order chi connectivity index (χ1) is 4.43. The summed E-state index contributed by atoms with van der Waals surface area (Å²) >= 11 is 1.70. The molecule has 0 amide bonds. The Labute approximate surface area is 59.5 Å². The van der Waals surface area contributed by atoms with Gasteiger partial charge in [0.2, 0.25) is 0 Å². The maximum atomic E-state index is 3.43. The van der Waals surface area contributed by atoms with Gasteiger partial charge in [-0.3, -0.25) is 0 Å². The summed E-state index contributed by atoms with van der Waals surface area (Å²) < 4.78 is 0. The zero-order valence-corrected chi connectivity index (χ0v) is 5.87. The molecule has 1 heteroatoms. The third kappa shape index (κ3) is 1.91. The second-order valence-electron chi connectivity index (χ2n) is 1.66. The Hall–Kier alpha value is -0.740. The fourth-order valence-corrected chi connectivity index (χ4v) is 1.23. The summed E-state index contributed by atoms with van der Waals surface area (Å²) in [5, 5.41) is 4.16. The van der Waals surface area contributed by atoms with Crippen LogP contribution in [0.3, 0.4) is 0 Å². The molecule has 0 aliphatic rings. The Morgan fingerprint density at radius 3 is 3.11 bits per heavy atom. The lowest BCUT2D eigenvalue weighted by Crippen LogP contribution is -1.71. The Morgan fingerprint density at radius 1 is 1.67 bits per heavy atom. The molecule has 0 unspecified atom stereocenters. The first kappa shape index (κ1) is 6.38. The minimum atomic E-state index is 0.840. The Kier molecular flexibility index (Phi) is 2.35. The van der Waals surface area contributed by atoms with E-state index in [1.807, 2.05) is 0 Å². The van der Waals surface area contributed by atoms with E-state index in [9.17, 15) is 0 Å². The molecule has 0 spiro atoms. The van der Waals surface area contributed by atoms with E-state index in [-0.39, 0.29) is 0 Å². The highest BCUT2D eigenvalue weighted by Crippen LogP contribution is 2.05. The topological polar surface area (TPSA) is 0 Å². The van der Waals surface area contributed by atoms with Crippen molar-refractivity contribution in [2.75, 3.05) is 0 Å². The van der Waals surface area contributed by atoms with Gasteiger partial charge < -0.3 is 0 Å². The fourth-order valence-electron chi connectivity index (χ4n) is 0.558. The Balaban J connectivity index is 2.54. The lowest BCUT2D eigenvalue weighted by molar-refractivity contribution is 1.36. The number of hydrogen-bond acceptors (Lipinski definition) is 1. The van der Waals surface area contributed by atoms with Gasteiger partial charge in [-0.15, -0.1) is 5.92 Å². The molecule has 1 rings (SSSR count). The molecule has 0 bridgehead atoms. The first-order valence-corrected chi connectivity index (χ1v) is 3.64. The van der Waals surface area contributed by atoms with Gasteiger partial charge in [-0.1, -0.05) is 5.92 Å². The van der Waals surface area contributed by atoms with E-state index in [2.05, 4.69) is 35.6 Å². The molecular weight excluding hydrogens is 128 g/mol. The van der Waals surface area contributed by atoms with Crippen molar-refractivity contribution in [1.29, 1.82) is 0 Å². The van der Waals surface area contributed by atoms with Gasteiger partial charge in [0.1, 0.15) is 0 Å². The molecule has 1 aromatic heterocycles. The van der Waals surface area contributed by atoms with Crippen molar-refractivity contribution in [3.05, 3.63) is 29.3 Å². The van der Waals surface area contributed by atoms with Crippen LogP contribution in [0.5, 0.6) is 0 Å². The normalized spacial score (nSPS) is 8.11. The molecule has 0 aliphatic heterocycles. The molecule has 0 aromatic carbocycles. The van der Waals surface area contributed by atoms with Gasteiger partial charge >= 0.3 is 0 Å². The third-order valence-electron chi connectivity index (χ3n) is 0.998. The molecule has 1 radical (unpaired) electrons. The van der Waals surface area contributed by atoms with Crippen molar-refractivity contribution in [2.24, 2.45) is 0 Å². The van der Waals surface area contributed by atoms with Gasteiger partial charge in [-0.05, 0) is 22.4 Å². The second kappa shape index (κ2) is 3.32. The fraction of sp³-hybridized carbons (Fsp3) is 0.125. The van der Waals surface area contributed by atoms with Gasteiger partial charge in [-0.25, -0.2) is 0 Å². The van der Waals surface area contributed by atoms with Crippen LogP contribution >= 0.6 is 11.3 Å². The number of rotatable bonds is 1. The van der Waals surface area contributed by atoms with Crippen molar-refractivity contribution >= 4 is 11.3 Å². The molecule has 0 saturated heterocycles. The molecule has 1 aromatic rings. The predicted octanol–water partition coefficient (Wildman–Crippen LogP) is 2.13. The number of thiophene rings is 1. The number of hydrogen-bond donors (Lipinski definition) is 0. The maximum Gasteiger partial charge on any atom is 0.0348 e. The van der Waals surface area contributed by atoms with E-state index >= 15 is 0 Å². The van der Waals surface area contributed by atoms with Crippen LogP contribution in [-0.4, -0.2) is 0 Å². The van der Waals surface area contributed by atoms with E-state index in [1.165, 1.54) is 5.56 Å². The van der Waals surface area contributed by atoms with E-state index in [0.717, 1.165) is 6.42 Å². The molecule has 0 saturated carbocycles. The van der Waals surface area contributed by atoms with Gasteiger partial charge in [0.15, 0.2) is 0 Å². The quantitative estimate of drug-likeness (QED) is 0.517. The molecule has 0 N–H and O–H groups in total. The Bertz CT molecular complexity index is 210. The molecule has 0 fully saturated rings. The summed E-state index contributed by atoms with van der Waals surface area (Å²) in [6, 6.07) is 2.08. The zero-order chi connectivity index (χ0) is 6.53. The average Bonchev–Trinajstić information content (AvgIpc) is 2.34. The molecule has 0 aliphatic carbocycles. The molecule has 1 heterocycles. The summed E-state index contributed by atoms with van der Waals surface area (Å²) in [4.78, 5) is 0. The summed E-state index contributed by atoms with van der Waals surface area (Å²) in [5.74, 6) is 5.51.